The van der Waals surface area contributed by atoms with Crippen molar-refractivity contribution in [3.05, 3.63) is 11.2 Å². The van der Waals surface area contributed by atoms with E-state index in [0.717, 1.165) is 12.8 Å². The second kappa shape index (κ2) is 7.13. The lowest BCUT2D eigenvalue weighted by atomic mass is 10.1. The van der Waals surface area contributed by atoms with Gasteiger partial charge in [0.05, 0.1) is 7.11 Å². The molecule has 0 spiro atoms. The number of carbonyl (C=O) groups is 1. The monoisotopic (exact) mass is 272 g/mol. The van der Waals surface area contributed by atoms with Crippen molar-refractivity contribution in [1.29, 1.82) is 0 Å². The summed E-state index contributed by atoms with van der Waals surface area (Å²) in [5, 5.41) is 2.81. The molecular formula is C11H17ClN4O2. The zero-order valence-corrected chi connectivity index (χ0v) is 11.2. The first-order valence-corrected chi connectivity index (χ1v) is 6.04. The summed E-state index contributed by atoms with van der Waals surface area (Å²) in [7, 11) is 1.47. The lowest BCUT2D eigenvalue weighted by Gasteiger charge is -2.11. The third-order valence-electron chi connectivity index (χ3n) is 2.40. The van der Waals surface area contributed by atoms with Gasteiger partial charge in [-0.15, -0.1) is 0 Å². The Morgan fingerprint density at radius 2 is 2.33 bits per heavy atom. The molecule has 1 atom stereocenters. The summed E-state index contributed by atoms with van der Waals surface area (Å²) >= 11 is 5.78. The van der Waals surface area contributed by atoms with Crippen molar-refractivity contribution in [2.24, 2.45) is 11.7 Å². The fraction of sp³-hybridized carbons (Fsp3) is 0.545. The first kappa shape index (κ1) is 14.7. The van der Waals surface area contributed by atoms with E-state index in [-0.39, 0.29) is 22.9 Å². The Bertz CT molecular complexity index is 414. The van der Waals surface area contributed by atoms with Crippen LogP contribution in [0.15, 0.2) is 6.07 Å². The van der Waals surface area contributed by atoms with Gasteiger partial charge in [0.2, 0.25) is 17.7 Å². The van der Waals surface area contributed by atoms with Gasteiger partial charge in [0.1, 0.15) is 5.15 Å². The number of hydrogen-bond acceptors (Lipinski definition) is 5. The minimum atomic E-state index is -0.159. The highest BCUT2D eigenvalue weighted by Gasteiger charge is 2.14. The fourth-order valence-electron chi connectivity index (χ4n) is 1.35. The lowest BCUT2D eigenvalue weighted by molar-refractivity contribution is -0.119. The largest absolute Gasteiger partial charge is 0.481 e. The molecule has 1 heterocycles. The van der Waals surface area contributed by atoms with E-state index in [0.29, 0.717) is 12.4 Å². The first-order valence-electron chi connectivity index (χ1n) is 5.66. The molecule has 1 unspecified atom stereocenters. The molecule has 1 aromatic rings. The summed E-state index contributed by atoms with van der Waals surface area (Å²) in [5.74, 6) is 0.138. The summed E-state index contributed by atoms with van der Waals surface area (Å²) in [5.41, 5.74) is 5.40. The standard InChI is InChI=1S/C11H17ClN4O2/c1-7(4-3-5-13)10(17)16-11-14-8(12)6-9(15-11)18-2/h6-7H,3-5,13H2,1-2H3,(H,14,15,16,17). The quantitative estimate of drug-likeness (QED) is 0.765. The second-order valence-electron chi connectivity index (χ2n) is 3.88. The van der Waals surface area contributed by atoms with Gasteiger partial charge < -0.3 is 10.5 Å². The van der Waals surface area contributed by atoms with Gasteiger partial charge in [-0.1, -0.05) is 18.5 Å². The third kappa shape index (κ3) is 4.46. The SMILES string of the molecule is COc1cc(Cl)nc(NC(=O)C(C)CCCN)n1. The number of anilines is 1. The molecule has 0 saturated heterocycles. The zero-order chi connectivity index (χ0) is 13.5. The number of halogens is 1. The minimum Gasteiger partial charge on any atom is -0.481 e. The average Bonchev–Trinajstić information content (AvgIpc) is 2.34. The Labute approximate surface area is 111 Å². The summed E-state index contributed by atoms with van der Waals surface area (Å²) in [4.78, 5) is 19.7. The van der Waals surface area contributed by atoms with E-state index >= 15 is 0 Å². The molecule has 0 aliphatic rings. The van der Waals surface area contributed by atoms with Crippen molar-refractivity contribution in [1.82, 2.24) is 9.97 Å². The molecule has 1 rings (SSSR count). The molecule has 18 heavy (non-hydrogen) atoms. The van der Waals surface area contributed by atoms with Crippen molar-refractivity contribution in [3.63, 3.8) is 0 Å². The van der Waals surface area contributed by atoms with Crippen molar-refractivity contribution in [2.45, 2.75) is 19.8 Å². The molecule has 0 bridgehead atoms. The van der Waals surface area contributed by atoms with E-state index in [1.807, 2.05) is 6.92 Å². The van der Waals surface area contributed by atoms with Crippen LogP contribution >= 0.6 is 11.6 Å². The number of nitrogens with two attached hydrogens (primary N) is 1. The predicted octanol–water partition coefficient (Wildman–Crippen LogP) is 1.45. The highest BCUT2D eigenvalue weighted by molar-refractivity contribution is 6.29. The van der Waals surface area contributed by atoms with Crippen LogP contribution in [0.5, 0.6) is 5.88 Å². The summed E-state index contributed by atoms with van der Waals surface area (Å²) in [6.07, 6.45) is 1.52. The van der Waals surface area contributed by atoms with Crippen LogP contribution < -0.4 is 15.8 Å². The maximum Gasteiger partial charge on any atom is 0.234 e. The van der Waals surface area contributed by atoms with Gasteiger partial charge >= 0.3 is 0 Å². The minimum absolute atomic E-state index is 0.143. The Balaban J connectivity index is 2.66. The molecule has 7 heteroatoms. The molecule has 3 N–H and O–H groups in total. The van der Waals surface area contributed by atoms with Crippen molar-refractivity contribution >= 4 is 23.5 Å². The average molecular weight is 273 g/mol. The van der Waals surface area contributed by atoms with Crippen LogP contribution in [0.1, 0.15) is 19.8 Å². The maximum atomic E-state index is 11.8. The van der Waals surface area contributed by atoms with Crippen molar-refractivity contribution < 1.29 is 9.53 Å². The highest BCUT2D eigenvalue weighted by Crippen LogP contribution is 2.16. The number of nitrogens with zero attached hydrogens (tertiary/aromatic N) is 2. The summed E-state index contributed by atoms with van der Waals surface area (Å²) < 4.78 is 4.94. The number of aromatic nitrogens is 2. The molecular weight excluding hydrogens is 256 g/mol. The number of carbonyl (C=O) groups excluding carboxylic acids is 1. The van der Waals surface area contributed by atoms with Gasteiger partial charge in [-0.3, -0.25) is 10.1 Å². The molecule has 0 aliphatic carbocycles. The van der Waals surface area contributed by atoms with Gasteiger partial charge in [0, 0.05) is 12.0 Å². The number of methoxy groups -OCH3 is 1. The molecule has 100 valence electrons. The van der Waals surface area contributed by atoms with E-state index < -0.39 is 0 Å². The number of nitrogens with one attached hydrogen (secondary N) is 1. The van der Waals surface area contributed by atoms with Gasteiger partial charge in [-0.05, 0) is 19.4 Å². The third-order valence-corrected chi connectivity index (χ3v) is 2.60. The number of rotatable bonds is 6. The second-order valence-corrected chi connectivity index (χ2v) is 4.27. The number of amides is 1. The normalized spacial score (nSPS) is 12.0. The van der Waals surface area contributed by atoms with E-state index in [9.17, 15) is 4.79 Å². The molecule has 0 aromatic carbocycles. The Kier molecular flexibility index (Phi) is 5.80. The van der Waals surface area contributed by atoms with Crippen LogP contribution in [0, 0.1) is 5.92 Å². The molecule has 0 saturated carbocycles. The molecule has 0 aliphatic heterocycles. The lowest BCUT2D eigenvalue weighted by Crippen LogP contribution is -2.22. The molecule has 6 nitrogen and oxygen atoms in total. The summed E-state index contributed by atoms with van der Waals surface area (Å²) in [6, 6.07) is 1.47. The van der Waals surface area contributed by atoms with Crippen LogP contribution in [0.2, 0.25) is 5.15 Å². The first-order chi connectivity index (χ1) is 8.56. The van der Waals surface area contributed by atoms with E-state index in [1.165, 1.54) is 13.2 Å². The molecule has 0 radical (unpaired) electrons. The van der Waals surface area contributed by atoms with Crippen molar-refractivity contribution in [2.75, 3.05) is 19.0 Å². The smallest absolute Gasteiger partial charge is 0.234 e. The Morgan fingerprint density at radius 1 is 1.61 bits per heavy atom. The molecule has 1 amide bonds. The fourth-order valence-corrected chi connectivity index (χ4v) is 1.52. The van der Waals surface area contributed by atoms with Gasteiger partial charge in [0.25, 0.3) is 0 Å². The van der Waals surface area contributed by atoms with Crippen LogP contribution in [0.3, 0.4) is 0 Å². The van der Waals surface area contributed by atoms with Crippen molar-refractivity contribution in [3.8, 4) is 5.88 Å². The molecule has 0 fully saturated rings. The van der Waals surface area contributed by atoms with Crippen LogP contribution in [0.25, 0.3) is 0 Å². The van der Waals surface area contributed by atoms with E-state index in [1.54, 1.807) is 0 Å². The maximum absolute atomic E-state index is 11.8. The van der Waals surface area contributed by atoms with E-state index in [2.05, 4.69) is 15.3 Å². The predicted molar refractivity (Wildman–Crippen MR) is 69.7 cm³/mol. The van der Waals surface area contributed by atoms with Crippen LogP contribution in [0.4, 0.5) is 5.95 Å². The Hall–Kier alpha value is -1.40. The number of ether oxygens (including phenoxy) is 1. The Morgan fingerprint density at radius 3 is 2.94 bits per heavy atom. The van der Waals surface area contributed by atoms with Crippen LogP contribution in [-0.4, -0.2) is 29.5 Å². The van der Waals surface area contributed by atoms with Crippen LogP contribution in [-0.2, 0) is 4.79 Å². The number of hydrogen-bond donors (Lipinski definition) is 2. The highest BCUT2D eigenvalue weighted by atomic mass is 35.5. The topological polar surface area (TPSA) is 90.1 Å². The van der Waals surface area contributed by atoms with Gasteiger partial charge in [0.15, 0.2) is 0 Å². The summed E-state index contributed by atoms with van der Waals surface area (Å²) in [6.45, 7) is 2.39. The zero-order valence-electron chi connectivity index (χ0n) is 10.4. The van der Waals surface area contributed by atoms with Gasteiger partial charge in [-0.25, -0.2) is 4.98 Å². The van der Waals surface area contributed by atoms with Gasteiger partial charge in [-0.2, -0.15) is 4.98 Å². The van der Waals surface area contributed by atoms with E-state index in [4.69, 9.17) is 22.1 Å². The molecule has 1 aromatic heterocycles.